The van der Waals surface area contributed by atoms with Crippen molar-refractivity contribution < 1.29 is 9.47 Å². The Balaban J connectivity index is 0.00000210. The predicted octanol–water partition coefficient (Wildman–Crippen LogP) is 4.22. The standard InChI is InChI=1S/C21H25N3O2.ClH/c1-14-10-17(15-6-8-22-9-7-15)12-24-13-18(23-21(14)24)16-4-5-19(25-2)20(11-16)26-3;/h4-5,10-13,15,22H,6-9H2,1-3H3;1H. The summed E-state index contributed by atoms with van der Waals surface area (Å²) in [4.78, 5) is 4.85. The van der Waals surface area contributed by atoms with E-state index in [-0.39, 0.29) is 12.4 Å². The van der Waals surface area contributed by atoms with E-state index < -0.39 is 0 Å². The van der Waals surface area contributed by atoms with Crippen molar-refractivity contribution in [3.05, 3.63) is 47.8 Å². The fourth-order valence-corrected chi connectivity index (χ4v) is 3.81. The molecule has 0 unspecified atom stereocenters. The lowest BCUT2D eigenvalue weighted by atomic mass is 9.91. The number of piperidine rings is 1. The lowest BCUT2D eigenvalue weighted by Gasteiger charge is -2.23. The molecule has 2 aromatic heterocycles. The molecule has 1 aliphatic heterocycles. The van der Waals surface area contributed by atoms with Crippen LogP contribution in [0.1, 0.15) is 29.9 Å². The number of rotatable bonds is 4. The van der Waals surface area contributed by atoms with E-state index in [1.165, 1.54) is 24.0 Å². The third kappa shape index (κ3) is 3.75. The summed E-state index contributed by atoms with van der Waals surface area (Å²) in [5.74, 6) is 2.07. The van der Waals surface area contributed by atoms with Crippen LogP contribution >= 0.6 is 12.4 Å². The highest BCUT2D eigenvalue weighted by Gasteiger charge is 2.17. The highest BCUT2D eigenvalue weighted by Crippen LogP contribution is 2.33. The van der Waals surface area contributed by atoms with Crippen LogP contribution in [0.2, 0.25) is 0 Å². The first kappa shape index (κ1) is 19.5. The van der Waals surface area contributed by atoms with Gasteiger partial charge < -0.3 is 19.2 Å². The first-order valence-corrected chi connectivity index (χ1v) is 9.12. The van der Waals surface area contributed by atoms with Gasteiger partial charge in [-0.1, -0.05) is 6.07 Å². The van der Waals surface area contributed by atoms with Crippen LogP contribution in [0.25, 0.3) is 16.9 Å². The molecule has 144 valence electrons. The number of fused-ring (bicyclic) bond motifs is 1. The van der Waals surface area contributed by atoms with Crippen LogP contribution in [0.3, 0.4) is 0 Å². The van der Waals surface area contributed by atoms with Gasteiger partial charge in [0.1, 0.15) is 5.65 Å². The molecule has 3 aromatic rings. The number of benzene rings is 1. The normalized spacial score (nSPS) is 14.8. The molecule has 3 heterocycles. The van der Waals surface area contributed by atoms with Gasteiger partial charge >= 0.3 is 0 Å². The first-order valence-electron chi connectivity index (χ1n) is 9.12. The van der Waals surface area contributed by atoms with E-state index in [0.29, 0.717) is 11.7 Å². The van der Waals surface area contributed by atoms with Crippen molar-refractivity contribution >= 4 is 18.1 Å². The van der Waals surface area contributed by atoms with Gasteiger partial charge in [-0.25, -0.2) is 4.98 Å². The van der Waals surface area contributed by atoms with Crippen LogP contribution in [-0.4, -0.2) is 36.7 Å². The zero-order valence-electron chi connectivity index (χ0n) is 16.0. The zero-order chi connectivity index (χ0) is 18.1. The first-order chi connectivity index (χ1) is 12.7. The average molecular weight is 388 g/mol. The second kappa shape index (κ2) is 8.19. The maximum absolute atomic E-state index is 5.43. The number of nitrogens with one attached hydrogen (secondary N) is 1. The third-order valence-electron chi connectivity index (χ3n) is 5.25. The van der Waals surface area contributed by atoms with E-state index in [4.69, 9.17) is 14.5 Å². The van der Waals surface area contributed by atoms with Crippen molar-refractivity contribution in [2.45, 2.75) is 25.7 Å². The van der Waals surface area contributed by atoms with Gasteiger partial charge in [-0.3, -0.25) is 0 Å². The minimum Gasteiger partial charge on any atom is -0.493 e. The van der Waals surface area contributed by atoms with E-state index >= 15 is 0 Å². The summed E-state index contributed by atoms with van der Waals surface area (Å²) in [6.45, 7) is 4.34. The number of aromatic nitrogens is 2. The van der Waals surface area contributed by atoms with Crippen LogP contribution < -0.4 is 14.8 Å². The van der Waals surface area contributed by atoms with Crippen molar-refractivity contribution in [1.29, 1.82) is 0 Å². The molecule has 1 fully saturated rings. The predicted molar refractivity (Wildman–Crippen MR) is 111 cm³/mol. The van der Waals surface area contributed by atoms with E-state index in [1.54, 1.807) is 14.2 Å². The zero-order valence-corrected chi connectivity index (χ0v) is 16.8. The average Bonchev–Trinajstić information content (AvgIpc) is 3.13. The number of halogens is 1. The number of nitrogens with zero attached hydrogens (tertiary/aromatic N) is 2. The highest BCUT2D eigenvalue weighted by molar-refractivity contribution is 5.85. The minimum absolute atomic E-state index is 0. The molecule has 4 rings (SSSR count). The monoisotopic (exact) mass is 387 g/mol. The largest absolute Gasteiger partial charge is 0.493 e. The Bertz CT molecular complexity index is 933. The Morgan fingerprint density at radius 1 is 1.04 bits per heavy atom. The van der Waals surface area contributed by atoms with E-state index in [0.717, 1.165) is 35.7 Å². The molecule has 27 heavy (non-hydrogen) atoms. The second-order valence-electron chi connectivity index (χ2n) is 6.91. The van der Waals surface area contributed by atoms with E-state index in [9.17, 15) is 0 Å². The van der Waals surface area contributed by atoms with Crippen molar-refractivity contribution in [1.82, 2.24) is 14.7 Å². The summed E-state index contributed by atoms with van der Waals surface area (Å²) in [7, 11) is 3.30. The number of aryl methyl sites for hydroxylation is 1. The maximum atomic E-state index is 5.43. The van der Waals surface area contributed by atoms with Crippen LogP contribution in [0.4, 0.5) is 0 Å². The Hall–Kier alpha value is -2.24. The molecule has 1 aromatic carbocycles. The van der Waals surface area contributed by atoms with E-state index in [2.05, 4.69) is 35.1 Å². The van der Waals surface area contributed by atoms with Crippen LogP contribution in [0, 0.1) is 6.92 Å². The van der Waals surface area contributed by atoms with Crippen LogP contribution in [0.5, 0.6) is 11.5 Å². The van der Waals surface area contributed by atoms with Gasteiger partial charge in [0.2, 0.25) is 0 Å². The van der Waals surface area contributed by atoms with Gasteiger partial charge in [0.25, 0.3) is 0 Å². The lowest BCUT2D eigenvalue weighted by molar-refractivity contribution is 0.355. The van der Waals surface area contributed by atoms with Gasteiger partial charge in [0, 0.05) is 18.0 Å². The summed E-state index contributed by atoms with van der Waals surface area (Å²) >= 11 is 0. The molecular formula is C21H26ClN3O2. The topological polar surface area (TPSA) is 47.8 Å². The van der Waals surface area contributed by atoms with Gasteiger partial charge in [0.05, 0.1) is 19.9 Å². The van der Waals surface area contributed by atoms with Crippen molar-refractivity contribution in [2.24, 2.45) is 0 Å². The number of methoxy groups -OCH3 is 2. The maximum Gasteiger partial charge on any atom is 0.161 e. The summed E-state index contributed by atoms with van der Waals surface area (Å²) in [5.41, 5.74) is 5.60. The summed E-state index contributed by atoms with van der Waals surface area (Å²) in [6.07, 6.45) is 6.74. The summed E-state index contributed by atoms with van der Waals surface area (Å²) < 4.78 is 12.9. The number of imidazole rings is 1. The van der Waals surface area contributed by atoms with Gasteiger partial charge in [-0.05, 0) is 68.1 Å². The van der Waals surface area contributed by atoms with Gasteiger partial charge in [-0.2, -0.15) is 0 Å². The molecule has 0 atom stereocenters. The molecule has 0 spiro atoms. The number of hydrogen-bond donors (Lipinski definition) is 1. The number of hydrogen-bond acceptors (Lipinski definition) is 4. The molecule has 0 aliphatic carbocycles. The van der Waals surface area contributed by atoms with Gasteiger partial charge in [0.15, 0.2) is 11.5 Å². The van der Waals surface area contributed by atoms with Crippen molar-refractivity contribution in [3.8, 4) is 22.8 Å². The third-order valence-corrected chi connectivity index (χ3v) is 5.25. The quantitative estimate of drug-likeness (QED) is 0.728. The van der Waals surface area contributed by atoms with E-state index in [1.807, 2.05) is 18.2 Å². The molecular weight excluding hydrogens is 362 g/mol. The molecule has 0 radical (unpaired) electrons. The Morgan fingerprint density at radius 3 is 2.48 bits per heavy atom. The van der Waals surface area contributed by atoms with Crippen LogP contribution in [-0.2, 0) is 0 Å². The Morgan fingerprint density at radius 2 is 1.78 bits per heavy atom. The fraction of sp³-hybridized carbons (Fsp3) is 0.381. The molecule has 1 saturated heterocycles. The highest BCUT2D eigenvalue weighted by atomic mass is 35.5. The van der Waals surface area contributed by atoms with Crippen molar-refractivity contribution in [3.63, 3.8) is 0 Å². The Kier molecular flexibility index (Phi) is 5.92. The fourth-order valence-electron chi connectivity index (χ4n) is 3.81. The molecule has 6 heteroatoms. The lowest BCUT2D eigenvalue weighted by Crippen LogP contribution is -2.26. The summed E-state index contributed by atoms with van der Waals surface area (Å²) in [6, 6.07) is 8.22. The van der Waals surface area contributed by atoms with Gasteiger partial charge in [-0.15, -0.1) is 12.4 Å². The second-order valence-corrected chi connectivity index (χ2v) is 6.91. The molecule has 0 bridgehead atoms. The Labute approximate surface area is 166 Å². The molecule has 1 N–H and O–H groups in total. The smallest absolute Gasteiger partial charge is 0.161 e. The minimum atomic E-state index is 0. The molecule has 0 saturated carbocycles. The molecule has 5 nitrogen and oxygen atoms in total. The van der Waals surface area contributed by atoms with Crippen LogP contribution in [0.15, 0.2) is 36.7 Å². The number of ether oxygens (including phenoxy) is 2. The SMILES string of the molecule is COc1ccc(-c2cn3cc(C4CCNCC4)cc(C)c3n2)cc1OC.Cl. The van der Waals surface area contributed by atoms with Crippen molar-refractivity contribution in [2.75, 3.05) is 27.3 Å². The summed E-state index contributed by atoms with van der Waals surface area (Å²) in [5, 5.41) is 3.44. The molecule has 0 amide bonds. The molecule has 1 aliphatic rings. The number of pyridine rings is 1.